The molecule has 0 bridgehead atoms. The number of nitrogens with one attached hydrogen (secondary N) is 1. The Bertz CT molecular complexity index is 829. The van der Waals surface area contributed by atoms with Crippen molar-refractivity contribution in [3.63, 3.8) is 0 Å². The number of aromatic nitrogens is 2. The summed E-state index contributed by atoms with van der Waals surface area (Å²) < 4.78 is 12.3. The van der Waals surface area contributed by atoms with Gasteiger partial charge in [0.05, 0.1) is 11.6 Å². The van der Waals surface area contributed by atoms with Crippen LogP contribution in [0, 0.1) is 0 Å². The third kappa shape index (κ3) is 5.03. The van der Waals surface area contributed by atoms with Gasteiger partial charge < -0.3 is 14.8 Å². The van der Waals surface area contributed by atoms with Gasteiger partial charge in [0.1, 0.15) is 6.61 Å². The van der Waals surface area contributed by atoms with Crippen LogP contribution in [0.15, 0.2) is 65.7 Å². The molecular formula is C20H20BrN3O2. The van der Waals surface area contributed by atoms with Gasteiger partial charge in [-0.05, 0) is 51.3 Å². The van der Waals surface area contributed by atoms with Crippen molar-refractivity contribution in [1.82, 2.24) is 15.3 Å². The molecule has 26 heavy (non-hydrogen) atoms. The van der Waals surface area contributed by atoms with Gasteiger partial charge in [0.15, 0.2) is 11.5 Å². The molecular weight excluding hydrogens is 394 g/mol. The van der Waals surface area contributed by atoms with Crippen molar-refractivity contribution in [3.8, 4) is 11.5 Å². The lowest BCUT2D eigenvalue weighted by atomic mass is 10.2. The standard InChI is InChI=1S/C20H20BrN3O2/c1-25-19-9-17(13-24-11-15-4-2-6-22-10-15)8-18(21)20(19)26-14-16-5-3-7-23-12-16/h2-10,12,24H,11,13-14H2,1H3. The highest BCUT2D eigenvalue weighted by molar-refractivity contribution is 9.10. The molecule has 0 radical (unpaired) electrons. The van der Waals surface area contributed by atoms with Crippen molar-refractivity contribution >= 4 is 15.9 Å². The van der Waals surface area contributed by atoms with Crippen LogP contribution in [-0.4, -0.2) is 17.1 Å². The second-order valence-corrected chi connectivity index (χ2v) is 6.58. The predicted molar refractivity (Wildman–Crippen MR) is 104 cm³/mol. The zero-order chi connectivity index (χ0) is 18.2. The fourth-order valence-electron chi connectivity index (χ4n) is 2.51. The largest absolute Gasteiger partial charge is 0.493 e. The maximum absolute atomic E-state index is 5.93. The first-order valence-corrected chi connectivity index (χ1v) is 9.03. The molecule has 3 rings (SSSR count). The van der Waals surface area contributed by atoms with E-state index < -0.39 is 0 Å². The van der Waals surface area contributed by atoms with E-state index in [1.165, 1.54) is 0 Å². The average Bonchev–Trinajstić information content (AvgIpc) is 2.68. The van der Waals surface area contributed by atoms with E-state index in [-0.39, 0.29) is 0 Å². The highest BCUT2D eigenvalue weighted by Crippen LogP contribution is 2.37. The molecule has 1 N–H and O–H groups in total. The van der Waals surface area contributed by atoms with Crippen molar-refractivity contribution in [3.05, 3.63) is 82.3 Å². The van der Waals surface area contributed by atoms with Crippen molar-refractivity contribution in [2.75, 3.05) is 7.11 Å². The summed E-state index contributed by atoms with van der Waals surface area (Å²) in [7, 11) is 1.64. The van der Waals surface area contributed by atoms with E-state index in [1.807, 2.05) is 42.6 Å². The third-order valence-electron chi connectivity index (χ3n) is 3.78. The van der Waals surface area contributed by atoms with Crippen molar-refractivity contribution in [1.29, 1.82) is 0 Å². The zero-order valence-electron chi connectivity index (χ0n) is 14.5. The molecule has 5 nitrogen and oxygen atoms in total. The van der Waals surface area contributed by atoms with Gasteiger partial charge in [-0.25, -0.2) is 0 Å². The van der Waals surface area contributed by atoms with Gasteiger partial charge in [0.25, 0.3) is 0 Å². The first kappa shape index (κ1) is 18.4. The van der Waals surface area contributed by atoms with Crippen LogP contribution in [0.4, 0.5) is 0 Å². The normalized spacial score (nSPS) is 10.5. The van der Waals surface area contributed by atoms with E-state index in [4.69, 9.17) is 9.47 Å². The zero-order valence-corrected chi connectivity index (χ0v) is 16.1. The van der Waals surface area contributed by atoms with Crippen LogP contribution < -0.4 is 14.8 Å². The topological polar surface area (TPSA) is 56.3 Å². The van der Waals surface area contributed by atoms with Crippen LogP contribution in [-0.2, 0) is 19.7 Å². The van der Waals surface area contributed by atoms with E-state index >= 15 is 0 Å². The number of nitrogens with zero attached hydrogens (tertiary/aromatic N) is 2. The van der Waals surface area contributed by atoms with Gasteiger partial charge in [-0.1, -0.05) is 12.1 Å². The quantitative estimate of drug-likeness (QED) is 0.601. The number of rotatable bonds is 8. The Balaban J connectivity index is 1.64. The van der Waals surface area contributed by atoms with Crippen LogP contribution in [0.1, 0.15) is 16.7 Å². The van der Waals surface area contributed by atoms with Gasteiger partial charge in [-0.3, -0.25) is 9.97 Å². The van der Waals surface area contributed by atoms with Crippen molar-refractivity contribution in [2.45, 2.75) is 19.7 Å². The fraction of sp³-hybridized carbons (Fsp3) is 0.200. The molecule has 0 aliphatic heterocycles. The smallest absolute Gasteiger partial charge is 0.175 e. The molecule has 3 aromatic rings. The number of ether oxygens (including phenoxy) is 2. The van der Waals surface area contributed by atoms with E-state index in [0.29, 0.717) is 24.7 Å². The Kier molecular flexibility index (Phi) is 6.57. The number of halogens is 1. The SMILES string of the molecule is COc1cc(CNCc2cccnc2)cc(Br)c1OCc1cccnc1. The lowest BCUT2D eigenvalue weighted by Crippen LogP contribution is -2.13. The molecule has 134 valence electrons. The number of hydrogen-bond acceptors (Lipinski definition) is 5. The molecule has 6 heteroatoms. The van der Waals surface area contributed by atoms with Gasteiger partial charge in [0, 0.05) is 43.4 Å². The first-order valence-electron chi connectivity index (χ1n) is 8.24. The van der Waals surface area contributed by atoms with E-state index in [0.717, 1.165) is 27.7 Å². The fourth-order valence-corrected chi connectivity index (χ4v) is 3.11. The minimum atomic E-state index is 0.432. The van der Waals surface area contributed by atoms with E-state index in [2.05, 4.69) is 31.2 Å². The van der Waals surface area contributed by atoms with Gasteiger partial charge in [-0.15, -0.1) is 0 Å². The lowest BCUT2D eigenvalue weighted by Gasteiger charge is -2.15. The van der Waals surface area contributed by atoms with Gasteiger partial charge in [0.2, 0.25) is 0 Å². The molecule has 0 amide bonds. The van der Waals surface area contributed by atoms with Crippen LogP contribution >= 0.6 is 15.9 Å². The Morgan fingerprint density at radius 1 is 0.962 bits per heavy atom. The molecule has 0 fully saturated rings. The minimum Gasteiger partial charge on any atom is -0.493 e. The van der Waals surface area contributed by atoms with Crippen LogP contribution in [0.2, 0.25) is 0 Å². The van der Waals surface area contributed by atoms with Crippen LogP contribution in [0.5, 0.6) is 11.5 Å². The van der Waals surface area contributed by atoms with Crippen molar-refractivity contribution < 1.29 is 9.47 Å². The Hall–Kier alpha value is -2.44. The Morgan fingerprint density at radius 2 is 1.65 bits per heavy atom. The summed E-state index contributed by atoms with van der Waals surface area (Å²) in [6, 6.07) is 11.9. The molecule has 2 aromatic heterocycles. The summed E-state index contributed by atoms with van der Waals surface area (Å²) >= 11 is 3.59. The second kappa shape index (κ2) is 9.31. The highest BCUT2D eigenvalue weighted by atomic mass is 79.9. The lowest BCUT2D eigenvalue weighted by molar-refractivity contribution is 0.282. The summed E-state index contributed by atoms with van der Waals surface area (Å²) in [6.45, 7) is 1.90. The summed E-state index contributed by atoms with van der Waals surface area (Å²) in [5, 5.41) is 3.41. The summed E-state index contributed by atoms with van der Waals surface area (Å²) in [5.41, 5.74) is 3.25. The third-order valence-corrected chi connectivity index (χ3v) is 4.37. The monoisotopic (exact) mass is 413 g/mol. The summed E-state index contributed by atoms with van der Waals surface area (Å²) in [5.74, 6) is 1.38. The summed E-state index contributed by atoms with van der Waals surface area (Å²) in [4.78, 5) is 8.22. The molecule has 0 saturated heterocycles. The maximum Gasteiger partial charge on any atom is 0.175 e. The number of hydrogen-bond donors (Lipinski definition) is 1. The Morgan fingerprint density at radius 3 is 2.31 bits per heavy atom. The van der Waals surface area contributed by atoms with E-state index in [1.54, 1.807) is 25.7 Å². The van der Waals surface area contributed by atoms with Gasteiger partial charge >= 0.3 is 0 Å². The number of benzene rings is 1. The molecule has 0 atom stereocenters. The molecule has 0 saturated carbocycles. The van der Waals surface area contributed by atoms with Crippen LogP contribution in [0.3, 0.4) is 0 Å². The average molecular weight is 414 g/mol. The maximum atomic E-state index is 5.93. The minimum absolute atomic E-state index is 0.432. The predicted octanol–water partition coefficient (Wildman–Crippen LogP) is 4.12. The molecule has 0 spiro atoms. The Labute approximate surface area is 161 Å². The van der Waals surface area contributed by atoms with Gasteiger partial charge in [-0.2, -0.15) is 0 Å². The molecule has 0 aliphatic carbocycles. The molecule has 0 unspecified atom stereocenters. The van der Waals surface area contributed by atoms with E-state index in [9.17, 15) is 0 Å². The van der Waals surface area contributed by atoms with Crippen LogP contribution in [0.25, 0.3) is 0 Å². The first-order chi connectivity index (χ1) is 12.8. The highest BCUT2D eigenvalue weighted by Gasteiger charge is 2.12. The summed E-state index contributed by atoms with van der Waals surface area (Å²) in [6.07, 6.45) is 7.17. The molecule has 1 aromatic carbocycles. The van der Waals surface area contributed by atoms with Crippen molar-refractivity contribution in [2.24, 2.45) is 0 Å². The molecule has 0 aliphatic rings. The molecule has 2 heterocycles. The number of methoxy groups -OCH3 is 1. The number of pyridine rings is 2. The second-order valence-electron chi connectivity index (χ2n) is 5.72.